The van der Waals surface area contributed by atoms with Crippen LogP contribution in [0, 0.1) is 0 Å². The van der Waals surface area contributed by atoms with Crippen molar-refractivity contribution in [1.82, 2.24) is 15.4 Å². The van der Waals surface area contributed by atoms with E-state index in [1.54, 1.807) is 12.4 Å². The molecule has 0 aliphatic carbocycles. The normalized spacial score (nSPS) is 12.5. The molecule has 0 saturated heterocycles. The smallest absolute Gasteiger partial charge is 0.149 e. The fourth-order valence-corrected chi connectivity index (χ4v) is 1.98. The lowest BCUT2D eigenvalue weighted by molar-refractivity contribution is 0.912. The molecular formula is C5H8N6S2. The predicted octanol–water partition coefficient (Wildman–Crippen LogP) is 1.73. The van der Waals surface area contributed by atoms with Gasteiger partial charge < -0.3 is 5.84 Å². The molecule has 0 atom stereocenters. The highest BCUT2D eigenvalue weighted by Gasteiger charge is 1.97. The summed E-state index contributed by atoms with van der Waals surface area (Å²) in [7, 11) is 3.01. The van der Waals surface area contributed by atoms with E-state index in [9.17, 15) is 0 Å². The van der Waals surface area contributed by atoms with Crippen molar-refractivity contribution in [3.8, 4) is 0 Å². The molecule has 0 bridgehead atoms. The van der Waals surface area contributed by atoms with Gasteiger partial charge in [0.15, 0.2) is 0 Å². The van der Waals surface area contributed by atoms with Crippen LogP contribution in [0.15, 0.2) is 32.7 Å². The van der Waals surface area contributed by atoms with E-state index < -0.39 is 0 Å². The monoisotopic (exact) mass is 216 g/mol. The minimum Gasteiger partial charge on any atom is -0.305 e. The molecule has 0 aromatic carbocycles. The van der Waals surface area contributed by atoms with Crippen molar-refractivity contribution in [2.45, 2.75) is 11.9 Å². The summed E-state index contributed by atoms with van der Waals surface area (Å²) >= 11 is 0. The van der Waals surface area contributed by atoms with Crippen molar-refractivity contribution >= 4 is 21.6 Å². The van der Waals surface area contributed by atoms with E-state index in [0.717, 1.165) is 9.93 Å². The molecule has 0 aliphatic heterocycles. The van der Waals surface area contributed by atoms with Gasteiger partial charge in [0.2, 0.25) is 0 Å². The van der Waals surface area contributed by atoms with Crippen molar-refractivity contribution in [3.63, 3.8) is 0 Å². The Labute approximate surface area is 82.8 Å². The highest BCUT2D eigenvalue weighted by atomic mass is 33.1. The Morgan fingerprint density at radius 3 is 3.23 bits per heavy atom. The summed E-state index contributed by atoms with van der Waals surface area (Å²) in [6.45, 7) is 1.91. The molecule has 0 saturated carbocycles. The number of H-pyrrole nitrogens is 1. The summed E-state index contributed by atoms with van der Waals surface area (Å²) in [5.74, 6) is 4.84. The molecule has 0 aliphatic rings. The fraction of sp³-hybridized carbons (Fsp3) is 0.200. The van der Waals surface area contributed by atoms with Crippen LogP contribution < -0.4 is 5.84 Å². The maximum Gasteiger partial charge on any atom is 0.149 e. The summed E-state index contributed by atoms with van der Waals surface area (Å²) < 4.78 is 0. The van der Waals surface area contributed by atoms with Gasteiger partial charge in [-0.1, -0.05) is 16.0 Å². The minimum absolute atomic E-state index is 0.822. The van der Waals surface area contributed by atoms with Gasteiger partial charge in [0.1, 0.15) is 5.03 Å². The third-order valence-electron chi connectivity index (χ3n) is 0.958. The first-order chi connectivity index (χ1) is 6.33. The molecular weight excluding hydrogens is 208 g/mol. The van der Waals surface area contributed by atoms with Crippen LogP contribution in [-0.4, -0.2) is 15.4 Å². The number of aromatic nitrogens is 3. The van der Waals surface area contributed by atoms with Crippen LogP contribution in [0.2, 0.25) is 0 Å². The van der Waals surface area contributed by atoms with E-state index in [1.807, 2.05) is 6.92 Å². The van der Waals surface area contributed by atoms with E-state index in [0.29, 0.717) is 0 Å². The zero-order valence-electron chi connectivity index (χ0n) is 6.84. The predicted molar refractivity (Wildman–Crippen MR) is 52.6 cm³/mol. The second kappa shape index (κ2) is 5.60. The Hall–Kier alpha value is -1.02. The van der Waals surface area contributed by atoms with Crippen molar-refractivity contribution in [2.24, 2.45) is 16.2 Å². The molecule has 1 heterocycles. The maximum atomic E-state index is 4.84. The van der Waals surface area contributed by atoms with Crippen molar-refractivity contribution in [2.75, 3.05) is 0 Å². The summed E-state index contributed by atoms with van der Waals surface area (Å²) in [5, 5.41) is 17.5. The first-order valence-corrected chi connectivity index (χ1v) is 5.45. The molecule has 6 nitrogen and oxygen atoms in total. The third-order valence-corrected chi connectivity index (χ3v) is 3.33. The van der Waals surface area contributed by atoms with E-state index in [4.69, 9.17) is 5.84 Å². The summed E-state index contributed by atoms with van der Waals surface area (Å²) in [6.07, 6.45) is 3.23. The van der Waals surface area contributed by atoms with Crippen LogP contribution in [-0.2, 0) is 0 Å². The molecule has 0 fully saturated rings. The first-order valence-electron chi connectivity index (χ1n) is 3.30. The molecule has 0 radical (unpaired) electrons. The van der Waals surface area contributed by atoms with Crippen molar-refractivity contribution < 1.29 is 0 Å². The highest BCUT2D eigenvalue weighted by Crippen LogP contribution is 2.34. The summed E-state index contributed by atoms with van der Waals surface area (Å²) in [4.78, 5) is 0.988. The van der Waals surface area contributed by atoms with Gasteiger partial charge in [0.25, 0.3) is 0 Å². The van der Waals surface area contributed by atoms with Gasteiger partial charge in [-0.25, -0.2) is 0 Å². The topological polar surface area (TPSA) is 92.3 Å². The SMILES string of the molecule is C/C(=C\N=NN)SSc1cn[nH]n1. The number of hydrogen-bond donors (Lipinski definition) is 2. The molecule has 1 rings (SSSR count). The zero-order chi connectivity index (χ0) is 9.52. The van der Waals surface area contributed by atoms with Crippen LogP contribution in [0.5, 0.6) is 0 Å². The first kappa shape index (κ1) is 10.1. The Morgan fingerprint density at radius 1 is 1.77 bits per heavy atom. The molecule has 1 aromatic heterocycles. The fourth-order valence-electron chi connectivity index (χ4n) is 0.476. The Morgan fingerprint density at radius 2 is 2.62 bits per heavy atom. The zero-order valence-corrected chi connectivity index (χ0v) is 8.47. The highest BCUT2D eigenvalue weighted by molar-refractivity contribution is 8.78. The van der Waals surface area contributed by atoms with Crippen LogP contribution in [0.4, 0.5) is 0 Å². The number of nitrogens with zero attached hydrogens (tertiary/aromatic N) is 4. The molecule has 0 spiro atoms. The minimum atomic E-state index is 0.822. The van der Waals surface area contributed by atoms with Gasteiger partial charge >= 0.3 is 0 Å². The Bertz CT molecular complexity index is 292. The lowest BCUT2D eigenvalue weighted by Crippen LogP contribution is -1.72. The second-order valence-electron chi connectivity index (χ2n) is 1.95. The number of nitrogens with one attached hydrogen (secondary N) is 1. The average molecular weight is 216 g/mol. The van der Waals surface area contributed by atoms with Crippen molar-refractivity contribution in [3.05, 3.63) is 17.3 Å². The van der Waals surface area contributed by atoms with Gasteiger partial charge in [0.05, 0.1) is 12.4 Å². The molecule has 0 unspecified atom stereocenters. The van der Waals surface area contributed by atoms with Crippen LogP contribution in [0.3, 0.4) is 0 Å². The van der Waals surface area contributed by atoms with Crippen molar-refractivity contribution in [1.29, 1.82) is 0 Å². The van der Waals surface area contributed by atoms with Gasteiger partial charge in [-0.3, -0.25) is 0 Å². The number of rotatable bonds is 4. The molecule has 3 N–H and O–H groups in total. The summed E-state index contributed by atoms with van der Waals surface area (Å²) in [6, 6.07) is 0. The van der Waals surface area contributed by atoms with E-state index in [1.165, 1.54) is 21.6 Å². The molecule has 13 heavy (non-hydrogen) atoms. The number of nitrogens with two attached hydrogens (primary N) is 1. The van der Waals surface area contributed by atoms with E-state index >= 15 is 0 Å². The standard InChI is InChI=1S/C5H8N6S2/c1-4(2-7-10-6)12-13-5-3-8-11-9-5/h2-3H,1H3,(H2,6,7)(H,8,9,11)/b4-2+. The Kier molecular flexibility index (Phi) is 4.33. The average Bonchev–Trinajstić information content (AvgIpc) is 2.64. The van der Waals surface area contributed by atoms with Gasteiger partial charge in [-0.05, 0) is 17.7 Å². The summed E-state index contributed by atoms with van der Waals surface area (Å²) in [5.41, 5.74) is 0. The molecule has 0 amide bonds. The molecule has 1 aromatic rings. The van der Waals surface area contributed by atoms with E-state index in [2.05, 4.69) is 25.7 Å². The van der Waals surface area contributed by atoms with E-state index in [-0.39, 0.29) is 0 Å². The van der Waals surface area contributed by atoms with Gasteiger partial charge in [-0.2, -0.15) is 10.3 Å². The number of hydrogen-bond acceptors (Lipinski definition) is 6. The quantitative estimate of drug-likeness (QED) is 0.346. The van der Waals surface area contributed by atoms with Crippen LogP contribution in [0.25, 0.3) is 0 Å². The maximum absolute atomic E-state index is 4.84. The molecule has 8 heteroatoms. The number of allylic oxidation sites excluding steroid dienone is 1. The molecule has 70 valence electrons. The second-order valence-corrected chi connectivity index (χ2v) is 4.34. The van der Waals surface area contributed by atoms with Gasteiger partial charge in [0, 0.05) is 4.91 Å². The van der Waals surface area contributed by atoms with Gasteiger partial charge in [-0.15, -0.1) is 10.2 Å². The Balaban J connectivity index is 2.34. The largest absolute Gasteiger partial charge is 0.305 e. The third kappa shape index (κ3) is 3.95. The van der Waals surface area contributed by atoms with Crippen LogP contribution in [0.1, 0.15) is 6.92 Å². The lowest BCUT2D eigenvalue weighted by Gasteiger charge is -1.93. The lowest BCUT2D eigenvalue weighted by atomic mass is 10.7. The van der Waals surface area contributed by atoms with Crippen LogP contribution >= 0.6 is 21.6 Å². The number of aromatic amines is 1.